The third kappa shape index (κ3) is 5.81. The summed E-state index contributed by atoms with van der Waals surface area (Å²) < 4.78 is 0. The van der Waals surface area contributed by atoms with Crippen LogP contribution in [0.5, 0.6) is 17.2 Å². The first-order valence-electron chi connectivity index (χ1n) is 15.7. The molecule has 228 valence electrons. The van der Waals surface area contributed by atoms with E-state index in [-0.39, 0.29) is 21.7 Å². The second-order valence-corrected chi connectivity index (χ2v) is 16.2. The van der Waals surface area contributed by atoms with Crippen LogP contribution in [0.4, 0.5) is 0 Å². The van der Waals surface area contributed by atoms with E-state index in [1.807, 2.05) is 20.8 Å². The molecule has 0 bridgehead atoms. The monoisotopic (exact) mass is 570 g/mol. The highest BCUT2D eigenvalue weighted by Crippen LogP contribution is 2.53. The summed E-state index contributed by atoms with van der Waals surface area (Å²) in [4.78, 5) is 0. The molecule has 1 unspecified atom stereocenters. The molecule has 3 N–H and O–H groups in total. The number of rotatable bonds is 3. The molecule has 0 spiro atoms. The highest BCUT2D eigenvalue weighted by Gasteiger charge is 2.42. The van der Waals surface area contributed by atoms with Gasteiger partial charge in [-0.1, -0.05) is 105 Å². The van der Waals surface area contributed by atoms with Crippen molar-refractivity contribution in [1.82, 2.24) is 0 Å². The lowest BCUT2D eigenvalue weighted by molar-refractivity contribution is 0.308. The fourth-order valence-electron chi connectivity index (χ4n) is 7.12. The summed E-state index contributed by atoms with van der Waals surface area (Å²) in [5.41, 5.74) is 8.57. The molecule has 1 fully saturated rings. The van der Waals surface area contributed by atoms with Gasteiger partial charge in [-0.15, -0.1) is 0 Å². The lowest BCUT2D eigenvalue weighted by Gasteiger charge is -2.44. The molecule has 1 aliphatic rings. The minimum Gasteiger partial charge on any atom is -0.507 e. The summed E-state index contributed by atoms with van der Waals surface area (Å²) in [5.74, 6) is 1.48. The molecule has 3 nitrogen and oxygen atoms in total. The third-order valence-corrected chi connectivity index (χ3v) is 9.68. The molecule has 0 aromatic heterocycles. The van der Waals surface area contributed by atoms with Gasteiger partial charge in [-0.05, 0) is 112 Å². The van der Waals surface area contributed by atoms with Crippen molar-refractivity contribution in [3.05, 3.63) is 86.5 Å². The van der Waals surface area contributed by atoms with E-state index in [1.165, 1.54) is 16.7 Å². The number of phenolic OH excluding ortho intramolecular Hbond substituents is 3. The Labute approximate surface area is 255 Å². The Balaban J connectivity index is 2.02. The predicted molar refractivity (Wildman–Crippen MR) is 177 cm³/mol. The first kappa shape index (κ1) is 32.0. The van der Waals surface area contributed by atoms with Gasteiger partial charge in [0.05, 0.1) is 0 Å². The van der Waals surface area contributed by atoms with Gasteiger partial charge in [-0.25, -0.2) is 0 Å². The molecule has 1 saturated carbocycles. The van der Waals surface area contributed by atoms with Crippen molar-refractivity contribution in [3.63, 3.8) is 0 Å². The lowest BCUT2D eigenvalue weighted by atomic mass is 9.59. The molecule has 0 radical (unpaired) electrons. The van der Waals surface area contributed by atoms with Crippen LogP contribution in [0, 0.1) is 20.8 Å². The summed E-state index contributed by atoms with van der Waals surface area (Å²) in [6.45, 7) is 25.5. The highest BCUT2D eigenvalue weighted by atomic mass is 16.3. The van der Waals surface area contributed by atoms with E-state index < -0.39 is 0 Å². The van der Waals surface area contributed by atoms with Gasteiger partial charge < -0.3 is 15.3 Å². The average Bonchev–Trinajstić information content (AvgIpc) is 2.86. The number of phenols is 3. The van der Waals surface area contributed by atoms with Gasteiger partial charge in [-0.2, -0.15) is 0 Å². The van der Waals surface area contributed by atoms with Crippen molar-refractivity contribution >= 4 is 0 Å². The zero-order valence-corrected chi connectivity index (χ0v) is 28.2. The van der Waals surface area contributed by atoms with Crippen LogP contribution < -0.4 is 0 Å². The van der Waals surface area contributed by atoms with Gasteiger partial charge in [0.25, 0.3) is 0 Å². The SMILES string of the molecule is Cc1cc(C2CCCC(c3cc(C)c(O)c(C(C)(C)C)c3)(c3cc(C)c(O)c(C(C)(C)C)c3)C2)cc(C(C)(C)C)c1O. The van der Waals surface area contributed by atoms with Crippen molar-refractivity contribution in [2.24, 2.45) is 0 Å². The summed E-state index contributed by atoms with van der Waals surface area (Å²) in [6.07, 6.45) is 4.06. The maximum atomic E-state index is 11.2. The molecule has 3 aromatic rings. The van der Waals surface area contributed by atoms with Crippen LogP contribution in [0.3, 0.4) is 0 Å². The summed E-state index contributed by atoms with van der Waals surface area (Å²) in [7, 11) is 0. The Morgan fingerprint density at radius 1 is 0.571 bits per heavy atom. The minimum absolute atomic E-state index is 0.165. The van der Waals surface area contributed by atoms with Crippen molar-refractivity contribution in [2.75, 3.05) is 0 Å². The van der Waals surface area contributed by atoms with Crippen LogP contribution in [0.15, 0.2) is 36.4 Å². The first-order valence-corrected chi connectivity index (χ1v) is 15.7. The van der Waals surface area contributed by atoms with E-state index in [9.17, 15) is 15.3 Å². The Morgan fingerprint density at radius 3 is 1.36 bits per heavy atom. The van der Waals surface area contributed by atoms with Gasteiger partial charge in [0, 0.05) is 5.41 Å². The van der Waals surface area contributed by atoms with Gasteiger partial charge in [0.15, 0.2) is 0 Å². The van der Waals surface area contributed by atoms with Crippen LogP contribution in [0.25, 0.3) is 0 Å². The number of aromatic hydroxyl groups is 3. The van der Waals surface area contributed by atoms with E-state index in [0.717, 1.165) is 59.1 Å². The topological polar surface area (TPSA) is 60.7 Å². The fourth-order valence-corrected chi connectivity index (χ4v) is 7.12. The van der Waals surface area contributed by atoms with Crippen LogP contribution in [-0.4, -0.2) is 15.3 Å². The molecule has 0 heterocycles. The van der Waals surface area contributed by atoms with E-state index in [4.69, 9.17) is 0 Å². The number of hydrogen-bond donors (Lipinski definition) is 3. The fraction of sp³-hybridized carbons (Fsp3) is 0.538. The lowest BCUT2D eigenvalue weighted by Crippen LogP contribution is -2.35. The van der Waals surface area contributed by atoms with Crippen LogP contribution in [0.1, 0.15) is 144 Å². The Hall–Kier alpha value is -2.94. The minimum atomic E-state index is -0.298. The van der Waals surface area contributed by atoms with Crippen molar-refractivity contribution in [1.29, 1.82) is 0 Å². The Kier molecular flexibility index (Phi) is 8.11. The zero-order chi connectivity index (χ0) is 31.6. The normalized spacial score (nSPS) is 17.9. The van der Waals surface area contributed by atoms with Gasteiger partial charge in [-0.3, -0.25) is 0 Å². The summed E-state index contributed by atoms with van der Waals surface area (Å²) in [5, 5.41) is 33.4. The van der Waals surface area contributed by atoms with Gasteiger partial charge in [0.2, 0.25) is 0 Å². The third-order valence-electron chi connectivity index (χ3n) is 9.68. The molecular weight excluding hydrogens is 516 g/mol. The molecule has 3 heteroatoms. The van der Waals surface area contributed by atoms with E-state index in [2.05, 4.69) is 98.7 Å². The van der Waals surface area contributed by atoms with Crippen LogP contribution in [0.2, 0.25) is 0 Å². The molecule has 0 saturated heterocycles. The Morgan fingerprint density at radius 2 is 0.952 bits per heavy atom. The molecule has 1 atom stereocenters. The zero-order valence-electron chi connectivity index (χ0n) is 28.2. The largest absolute Gasteiger partial charge is 0.507 e. The maximum absolute atomic E-state index is 11.2. The molecule has 1 aliphatic carbocycles. The smallest absolute Gasteiger partial charge is 0.122 e. The second kappa shape index (κ2) is 10.6. The quantitative estimate of drug-likeness (QED) is 0.293. The molecule has 0 aliphatic heterocycles. The van der Waals surface area contributed by atoms with Crippen LogP contribution in [-0.2, 0) is 21.7 Å². The molecule has 42 heavy (non-hydrogen) atoms. The Bertz CT molecular complexity index is 1420. The standard InChI is InChI=1S/C39H54O3/c1-23-16-27(19-30(33(23)40)36(4,5)6)26-14-13-15-39(22-26,28-17-24(2)34(41)31(20-28)37(7,8)9)29-18-25(3)35(42)32(21-29)38(10,11)12/h16-21,26,40-42H,13-15,22H2,1-12H3. The number of aryl methyl sites for hydroxylation is 3. The predicted octanol–water partition coefficient (Wildman–Crippen LogP) is 10.3. The second-order valence-electron chi connectivity index (χ2n) is 16.2. The summed E-state index contributed by atoms with van der Waals surface area (Å²) >= 11 is 0. The number of hydrogen-bond acceptors (Lipinski definition) is 3. The molecule has 4 rings (SSSR count). The average molecular weight is 571 g/mol. The van der Waals surface area contributed by atoms with E-state index in [1.54, 1.807) is 0 Å². The van der Waals surface area contributed by atoms with Crippen molar-refractivity contribution in [3.8, 4) is 17.2 Å². The molecule has 0 amide bonds. The maximum Gasteiger partial charge on any atom is 0.122 e. The van der Waals surface area contributed by atoms with Gasteiger partial charge in [0.1, 0.15) is 17.2 Å². The van der Waals surface area contributed by atoms with E-state index >= 15 is 0 Å². The van der Waals surface area contributed by atoms with Crippen LogP contribution >= 0.6 is 0 Å². The van der Waals surface area contributed by atoms with E-state index in [0.29, 0.717) is 23.2 Å². The molecule has 3 aromatic carbocycles. The highest BCUT2D eigenvalue weighted by molar-refractivity contribution is 5.56. The number of benzene rings is 3. The van der Waals surface area contributed by atoms with Gasteiger partial charge >= 0.3 is 0 Å². The summed E-state index contributed by atoms with van der Waals surface area (Å²) in [6, 6.07) is 13.4. The van der Waals surface area contributed by atoms with Crippen molar-refractivity contribution in [2.45, 2.75) is 136 Å². The van der Waals surface area contributed by atoms with Crippen molar-refractivity contribution < 1.29 is 15.3 Å². The molecular formula is C39H54O3. The first-order chi connectivity index (χ1) is 19.2.